The first kappa shape index (κ1) is 21.0. The van der Waals surface area contributed by atoms with Crippen LogP contribution in [0.5, 0.6) is 5.75 Å². The van der Waals surface area contributed by atoms with Crippen LogP contribution in [0.4, 0.5) is 10.6 Å². The van der Waals surface area contributed by atoms with E-state index in [1.54, 1.807) is 16.9 Å². The number of aromatic nitrogens is 5. The summed E-state index contributed by atoms with van der Waals surface area (Å²) in [7, 11) is 0. The fraction of sp³-hybridized carbons (Fsp3) is 0.333. The summed E-state index contributed by atoms with van der Waals surface area (Å²) in [4.78, 5) is 21.7. The Morgan fingerprint density at radius 2 is 2.24 bits per heavy atom. The number of pyridine rings is 2. The number of aliphatic hydroxyl groups is 1. The van der Waals surface area contributed by atoms with Gasteiger partial charge in [-0.05, 0) is 31.5 Å². The smallest absolute Gasteiger partial charge is 0.492 e. The molecular formula is C21H23N7O5. The van der Waals surface area contributed by atoms with E-state index in [-0.39, 0.29) is 0 Å². The van der Waals surface area contributed by atoms with Crippen molar-refractivity contribution >= 4 is 28.5 Å². The lowest BCUT2D eigenvalue weighted by Gasteiger charge is -2.36. The summed E-state index contributed by atoms with van der Waals surface area (Å²) in [6, 6.07) is 5.27. The molecule has 0 amide bonds. The highest BCUT2D eigenvalue weighted by atomic mass is 16.8. The van der Waals surface area contributed by atoms with Crippen LogP contribution in [0.1, 0.15) is 13.3 Å². The Morgan fingerprint density at radius 3 is 3.00 bits per heavy atom. The molecule has 1 aliphatic heterocycles. The molecule has 0 radical (unpaired) electrons. The Balaban J connectivity index is 1.45. The number of H-pyrrole nitrogens is 1. The molecule has 0 bridgehead atoms. The van der Waals surface area contributed by atoms with Crippen LogP contribution in [0.2, 0.25) is 0 Å². The molecule has 5 rings (SSSR count). The minimum Gasteiger partial charge on any atom is -0.492 e. The number of nitrogens with one attached hydrogen (secondary N) is 2. The first-order valence-corrected chi connectivity index (χ1v) is 10.6. The first-order chi connectivity index (χ1) is 16.0. The van der Waals surface area contributed by atoms with Crippen LogP contribution in [-0.2, 0) is 4.84 Å². The molecule has 2 atom stereocenters. The molecule has 0 aliphatic carbocycles. The molecule has 172 valence electrons. The summed E-state index contributed by atoms with van der Waals surface area (Å²) < 4.78 is 7.51. The van der Waals surface area contributed by atoms with E-state index in [9.17, 15) is 9.90 Å². The average molecular weight is 453 g/mol. The zero-order chi connectivity index (χ0) is 22.9. The van der Waals surface area contributed by atoms with Crippen molar-refractivity contribution < 1.29 is 24.6 Å². The molecule has 0 aromatic carbocycles. The maximum Gasteiger partial charge on any atom is 0.525 e. The maximum absolute atomic E-state index is 10.7. The normalized spacial score (nSPS) is 18.7. The van der Waals surface area contributed by atoms with Crippen molar-refractivity contribution in [3.05, 3.63) is 36.8 Å². The van der Waals surface area contributed by atoms with Gasteiger partial charge in [0, 0.05) is 30.4 Å². The molecule has 1 fully saturated rings. The van der Waals surface area contributed by atoms with E-state index in [1.165, 1.54) is 0 Å². The lowest BCUT2D eigenvalue weighted by molar-refractivity contribution is -0.00951. The van der Waals surface area contributed by atoms with Gasteiger partial charge in [0.1, 0.15) is 11.6 Å². The van der Waals surface area contributed by atoms with E-state index < -0.39 is 18.3 Å². The van der Waals surface area contributed by atoms with E-state index in [1.807, 2.05) is 36.2 Å². The third-order valence-electron chi connectivity index (χ3n) is 5.67. The number of rotatable bonds is 6. The second kappa shape index (κ2) is 8.56. The van der Waals surface area contributed by atoms with Crippen LogP contribution in [0.15, 0.2) is 36.8 Å². The van der Waals surface area contributed by atoms with E-state index >= 15 is 0 Å². The number of hydrogen-bond acceptors (Lipinski definition) is 9. The van der Waals surface area contributed by atoms with Gasteiger partial charge in [0.25, 0.3) is 0 Å². The highest BCUT2D eigenvalue weighted by Crippen LogP contribution is 2.33. The Labute approximate surface area is 187 Å². The predicted molar refractivity (Wildman–Crippen MR) is 118 cm³/mol. The highest BCUT2D eigenvalue weighted by Gasteiger charge is 2.29. The summed E-state index contributed by atoms with van der Waals surface area (Å²) in [5.41, 5.74) is 5.78. The van der Waals surface area contributed by atoms with Crippen LogP contribution >= 0.6 is 0 Å². The van der Waals surface area contributed by atoms with Gasteiger partial charge < -0.3 is 24.7 Å². The summed E-state index contributed by atoms with van der Waals surface area (Å²) in [5.74, 6) is 1.41. The van der Waals surface area contributed by atoms with Crippen LogP contribution in [0.25, 0.3) is 27.7 Å². The molecule has 1 saturated heterocycles. The number of nitrogens with zero attached hydrogens (tertiary/aromatic N) is 5. The summed E-state index contributed by atoms with van der Waals surface area (Å²) >= 11 is 0. The molecule has 4 aromatic rings. The molecule has 5 heterocycles. The van der Waals surface area contributed by atoms with Crippen LogP contribution in [0, 0.1) is 0 Å². The second-order valence-corrected chi connectivity index (χ2v) is 7.75. The van der Waals surface area contributed by atoms with Gasteiger partial charge in [0.15, 0.2) is 5.65 Å². The van der Waals surface area contributed by atoms with Crippen molar-refractivity contribution in [1.82, 2.24) is 30.3 Å². The number of anilines is 1. The molecule has 4 aromatic heterocycles. The van der Waals surface area contributed by atoms with E-state index in [0.717, 1.165) is 22.0 Å². The average Bonchev–Trinajstić information content (AvgIpc) is 3.39. The van der Waals surface area contributed by atoms with Crippen molar-refractivity contribution in [2.45, 2.75) is 25.5 Å². The first-order valence-electron chi connectivity index (χ1n) is 10.6. The van der Waals surface area contributed by atoms with Gasteiger partial charge in [-0.1, -0.05) is 0 Å². The fourth-order valence-electron chi connectivity index (χ4n) is 4.13. The van der Waals surface area contributed by atoms with Crippen LogP contribution < -0.4 is 15.1 Å². The van der Waals surface area contributed by atoms with E-state index in [0.29, 0.717) is 43.3 Å². The van der Waals surface area contributed by atoms with Crippen molar-refractivity contribution in [2.24, 2.45) is 0 Å². The third-order valence-corrected chi connectivity index (χ3v) is 5.67. The lowest BCUT2D eigenvalue weighted by atomic mass is 10.0. The number of hydrogen-bond donors (Lipinski definition) is 4. The monoisotopic (exact) mass is 453 g/mol. The van der Waals surface area contributed by atoms with E-state index in [2.05, 4.69) is 30.6 Å². The second-order valence-electron chi connectivity index (χ2n) is 7.75. The van der Waals surface area contributed by atoms with Crippen molar-refractivity contribution in [3.63, 3.8) is 0 Å². The number of aromatic amines is 1. The number of carboxylic acid groups (broad SMARTS) is 1. The van der Waals surface area contributed by atoms with Gasteiger partial charge in [-0.2, -0.15) is 5.10 Å². The lowest BCUT2D eigenvalue weighted by Crippen LogP contribution is -2.54. The topological polar surface area (TPSA) is 150 Å². The van der Waals surface area contributed by atoms with Crippen LogP contribution in [-0.4, -0.2) is 73.0 Å². The zero-order valence-corrected chi connectivity index (χ0v) is 17.8. The number of hydroxylamine groups is 1. The number of fused-ring (bicyclic) bond motifs is 3. The van der Waals surface area contributed by atoms with E-state index in [4.69, 9.17) is 9.84 Å². The molecule has 4 N–H and O–H groups in total. The molecule has 12 heteroatoms. The Kier molecular flexibility index (Phi) is 5.44. The fourth-order valence-corrected chi connectivity index (χ4v) is 4.13. The quantitative estimate of drug-likeness (QED) is 0.318. The minimum atomic E-state index is -1.45. The van der Waals surface area contributed by atoms with Crippen molar-refractivity contribution in [2.75, 3.05) is 24.6 Å². The predicted octanol–water partition coefficient (Wildman–Crippen LogP) is 1.81. The molecule has 0 unspecified atom stereocenters. The maximum atomic E-state index is 10.7. The largest absolute Gasteiger partial charge is 0.525 e. The Morgan fingerprint density at radius 1 is 1.36 bits per heavy atom. The molecule has 33 heavy (non-hydrogen) atoms. The molecular weight excluding hydrogens is 430 g/mol. The zero-order valence-electron chi connectivity index (χ0n) is 17.8. The Hall–Kier alpha value is -3.90. The Bertz CT molecular complexity index is 1290. The standard InChI is InChI=1S/C21H23N7O5/c1-2-32-13-7-14(19-15-9-23-24-20(15)25-28(19)10-13)12-3-4-18(22-8-12)27-6-5-17(29)16(11-27)26-33-21(30)31/h3-4,7-10,16-17,26,29H,2,5-6,11H2,1H3,(H,24,25)(H,30,31)/t16-,17+/m0/s1. The third kappa shape index (κ3) is 4.01. The van der Waals surface area contributed by atoms with Gasteiger partial charge in [-0.15, -0.1) is 10.6 Å². The van der Waals surface area contributed by atoms with Gasteiger partial charge >= 0.3 is 6.16 Å². The highest BCUT2D eigenvalue weighted by molar-refractivity contribution is 6.00. The van der Waals surface area contributed by atoms with Gasteiger partial charge in [-0.25, -0.2) is 14.3 Å². The molecule has 0 saturated carbocycles. The van der Waals surface area contributed by atoms with Crippen molar-refractivity contribution in [1.29, 1.82) is 0 Å². The van der Waals surface area contributed by atoms with Crippen molar-refractivity contribution in [3.8, 4) is 16.9 Å². The number of ether oxygens (including phenoxy) is 1. The van der Waals surface area contributed by atoms with Gasteiger partial charge in [-0.3, -0.25) is 5.10 Å². The van der Waals surface area contributed by atoms with Gasteiger partial charge in [0.05, 0.1) is 42.0 Å². The minimum absolute atomic E-state index is 0.350. The molecule has 1 aliphatic rings. The van der Waals surface area contributed by atoms with Gasteiger partial charge in [0.2, 0.25) is 0 Å². The molecule has 12 nitrogen and oxygen atoms in total. The summed E-state index contributed by atoms with van der Waals surface area (Å²) in [6.07, 6.45) is 3.65. The van der Waals surface area contributed by atoms with Crippen LogP contribution in [0.3, 0.4) is 0 Å². The SMILES string of the molecule is CCOc1cc(-c2ccc(N3CC[C@@H](O)[C@@H](NOC(=O)O)C3)nc2)c2c3cn[nH]c3nn2c1. The summed E-state index contributed by atoms with van der Waals surface area (Å²) in [5, 5.41) is 31.3. The summed E-state index contributed by atoms with van der Waals surface area (Å²) in [6.45, 7) is 3.39. The number of piperidine rings is 1. The number of aliphatic hydroxyl groups excluding tert-OH is 1. The number of carbonyl (C=O) groups is 1. The molecule has 0 spiro atoms.